The summed E-state index contributed by atoms with van der Waals surface area (Å²) in [4.78, 5) is 45.9. The van der Waals surface area contributed by atoms with Crippen molar-refractivity contribution in [3.05, 3.63) is 66.3 Å². The zero-order valence-corrected chi connectivity index (χ0v) is 25.5. The largest absolute Gasteiger partial charge is 0.467 e. The molecule has 1 saturated carbocycles. The molecule has 2 heterocycles. The highest BCUT2D eigenvalue weighted by atomic mass is 32.1. The number of para-hydroxylation sites is 1. The number of thiazole rings is 1. The highest BCUT2D eigenvalue weighted by Crippen LogP contribution is 2.46. The number of unbranched alkanes of at least 4 members (excludes halogenated alkanes) is 3. The summed E-state index contributed by atoms with van der Waals surface area (Å²) in [6, 6.07) is 9.52. The van der Waals surface area contributed by atoms with E-state index in [9.17, 15) is 23.2 Å². The van der Waals surface area contributed by atoms with E-state index in [1.54, 1.807) is 0 Å². The van der Waals surface area contributed by atoms with E-state index in [4.69, 9.17) is 9.47 Å². The van der Waals surface area contributed by atoms with Crippen LogP contribution in [0.2, 0.25) is 0 Å². The third kappa shape index (κ3) is 7.18. The molecular weight excluding hydrogens is 590 g/mol. The number of likely N-dealkylation sites (tertiary alicyclic amines) is 1. The number of benzene rings is 2. The second-order valence-electron chi connectivity index (χ2n) is 11.2. The summed E-state index contributed by atoms with van der Waals surface area (Å²) >= 11 is 1.36. The van der Waals surface area contributed by atoms with Crippen LogP contribution in [0.3, 0.4) is 0 Å². The number of esters is 1. The maximum absolute atomic E-state index is 13.8. The lowest BCUT2D eigenvalue weighted by molar-refractivity contribution is -0.147. The van der Waals surface area contributed by atoms with Gasteiger partial charge in [-0.25, -0.2) is 18.6 Å². The lowest BCUT2D eigenvalue weighted by Gasteiger charge is -2.26. The monoisotopic (exact) mass is 630 g/mol. The summed E-state index contributed by atoms with van der Waals surface area (Å²) in [6.45, 7) is 1.90. The fourth-order valence-electron chi connectivity index (χ4n) is 5.59. The molecule has 1 aliphatic heterocycles. The Hall–Kier alpha value is -4.06. The molecule has 1 saturated heterocycles. The van der Waals surface area contributed by atoms with E-state index in [1.807, 2.05) is 36.4 Å². The van der Waals surface area contributed by atoms with Crippen LogP contribution in [-0.2, 0) is 19.1 Å². The molecule has 9 nitrogen and oxygen atoms in total. The number of fused-ring (bicyclic) bond motifs is 1. The summed E-state index contributed by atoms with van der Waals surface area (Å²) in [7, 11) is 1.28. The smallest absolute Gasteiger partial charge is 0.332 e. The van der Waals surface area contributed by atoms with Gasteiger partial charge < -0.3 is 25.0 Å². The molecule has 0 radical (unpaired) electrons. The van der Waals surface area contributed by atoms with Crippen LogP contribution in [0, 0.1) is 17.6 Å². The van der Waals surface area contributed by atoms with Gasteiger partial charge in [-0.2, -0.15) is 0 Å². The Balaban J connectivity index is 0.00000288. The summed E-state index contributed by atoms with van der Waals surface area (Å²) < 4.78 is 39.5. The van der Waals surface area contributed by atoms with Crippen LogP contribution < -0.4 is 15.4 Å². The normalized spacial score (nSPS) is 22.7. The number of hydrogen-bond acceptors (Lipinski definition) is 8. The van der Waals surface area contributed by atoms with Gasteiger partial charge in [-0.3, -0.25) is 9.59 Å². The number of amides is 2. The molecule has 0 bridgehead atoms. The van der Waals surface area contributed by atoms with Gasteiger partial charge in [0.1, 0.15) is 29.3 Å². The summed E-state index contributed by atoms with van der Waals surface area (Å²) in [5, 5.41) is 6.05. The Morgan fingerprint density at radius 2 is 1.95 bits per heavy atom. The maximum Gasteiger partial charge on any atom is 0.332 e. The summed E-state index contributed by atoms with van der Waals surface area (Å²) in [5.74, 6) is -3.30. The first kappa shape index (κ1) is 31.4. The van der Waals surface area contributed by atoms with Gasteiger partial charge in [0.05, 0.1) is 30.4 Å². The van der Waals surface area contributed by atoms with Gasteiger partial charge in [0.2, 0.25) is 11.8 Å². The molecule has 3 aromatic rings. The zero-order chi connectivity index (χ0) is 31.3. The Labute approximate surface area is 261 Å². The van der Waals surface area contributed by atoms with E-state index in [1.165, 1.54) is 23.3 Å². The number of rotatable bonds is 13. The van der Waals surface area contributed by atoms with E-state index in [0.29, 0.717) is 11.6 Å². The Kier molecular flexibility index (Phi) is 9.77. The topological polar surface area (TPSA) is 110 Å². The average Bonchev–Trinajstić information content (AvgIpc) is 3.31. The first-order valence-corrected chi connectivity index (χ1v) is 15.6. The quantitative estimate of drug-likeness (QED) is 0.141. The molecule has 2 N–H and O–H groups in total. The number of halogens is 2. The number of carbonyl (C=O) groups is 3. The standard InChI is InChI=1S/C32H36F2N4O5S.2H2/c1-3-4-5-6-7-10-20-17-32(20,30(41)42-2)37-29(40)26-16-24(43-31-36-25-11-8-9-12-27(25)44-31)19-38(26)28(39)18-35-23-14-21(33)13-22(34)15-23;;/h7-15,20,24,26,35H,3-6,16-19H2,1-2H3,(H,37,40);2*1H/b10-7-;;/t20-,24-,26+,32-;;/m1../s1. The van der Waals surface area contributed by atoms with Crippen molar-refractivity contribution >= 4 is 45.0 Å². The minimum atomic E-state index is -1.20. The predicted octanol–water partition coefficient (Wildman–Crippen LogP) is 5.71. The number of methoxy groups -OCH3 is 1. The van der Waals surface area contributed by atoms with Crippen LogP contribution in [0.4, 0.5) is 14.5 Å². The van der Waals surface area contributed by atoms with Crippen LogP contribution in [-0.4, -0.2) is 65.6 Å². The van der Waals surface area contributed by atoms with Crippen molar-refractivity contribution < 1.29 is 35.5 Å². The van der Waals surface area contributed by atoms with Crippen LogP contribution in [0.25, 0.3) is 10.2 Å². The van der Waals surface area contributed by atoms with Crippen molar-refractivity contribution in [2.45, 2.75) is 63.1 Å². The van der Waals surface area contributed by atoms with Crippen molar-refractivity contribution in [1.29, 1.82) is 0 Å². The fourth-order valence-corrected chi connectivity index (χ4v) is 6.48. The number of anilines is 1. The molecular formula is C32H40F2N4O5S. The molecule has 2 aromatic carbocycles. The fraction of sp³-hybridized carbons (Fsp3) is 0.438. The number of nitrogens with one attached hydrogen (secondary N) is 2. The number of aromatic nitrogens is 1. The van der Waals surface area contributed by atoms with Crippen molar-refractivity contribution in [3.8, 4) is 5.19 Å². The zero-order valence-electron chi connectivity index (χ0n) is 24.7. The molecule has 2 aliphatic rings. The molecule has 238 valence electrons. The van der Waals surface area contributed by atoms with E-state index in [-0.39, 0.29) is 34.0 Å². The van der Waals surface area contributed by atoms with E-state index >= 15 is 0 Å². The van der Waals surface area contributed by atoms with E-state index in [0.717, 1.165) is 54.1 Å². The minimum absolute atomic E-state index is 0. The van der Waals surface area contributed by atoms with Crippen molar-refractivity contribution in [1.82, 2.24) is 15.2 Å². The van der Waals surface area contributed by atoms with Crippen LogP contribution in [0.15, 0.2) is 54.6 Å². The number of hydrogen-bond donors (Lipinski definition) is 2. The Morgan fingerprint density at radius 3 is 2.68 bits per heavy atom. The lowest BCUT2D eigenvalue weighted by Crippen LogP contribution is -2.53. The van der Waals surface area contributed by atoms with Gasteiger partial charge in [0, 0.05) is 26.9 Å². The minimum Gasteiger partial charge on any atom is -0.467 e. The molecule has 1 aromatic heterocycles. The first-order valence-electron chi connectivity index (χ1n) is 14.8. The molecule has 2 amide bonds. The van der Waals surface area contributed by atoms with Crippen molar-refractivity contribution in [2.75, 3.05) is 25.5 Å². The van der Waals surface area contributed by atoms with Gasteiger partial charge in [0.25, 0.3) is 5.19 Å². The molecule has 4 atom stereocenters. The van der Waals surface area contributed by atoms with Gasteiger partial charge in [0.15, 0.2) is 0 Å². The van der Waals surface area contributed by atoms with E-state index in [2.05, 4.69) is 22.5 Å². The molecule has 12 heteroatoms. The SMILES string of the molecule is CCCCC/C=C\[C@@H]1C[C@]1(NC(=O)[C@@H]1C[C@@H](Oc2nc3ccccc3s2)CN1C(=O)CNc1cc(F)cc(F)c1)C(=O)OC.[HH].[HH]. The van der Waals surface area contributed by atoms with Gasteiger partial charge in [-0.15, -0.1) is 0 Å². The third-order valence-corrected chi connectivity index (χ3v) is 8.91. The highest BCUT2D eigenvalue weighted by Gasteiger charge is 2.62. The number of nitrogens with zero attached hydrogens (tertiary/aromatic N) is 2. The van der Waals surface area contributed by atoms with Gasteiger partial charge in [-0.1, -0.05) is 55.4 Å². The number of ether oxygens (including phenoxy) is 2. The Bertz CT molecular complexity index is 1510. The van der Waals surface area contributed by atoms with Crippen molar-refractivity contribution in [3.63, 3.8) is 0 Å². The average molecular weight is 631 g/mol. The third-order valence-electron chi connectivity index (χ3n) is 7.99. The molecule has 0 spiro atoms. The van der Waals surface area contributed by atoms with Gasteiger partial charge >= 0.3 is 5.97 Å². The molecule has 5 rings (SSSR count). The van der Waals surface area contributed by atoms with Crippen molar-refractivity contribution in [2.24, 2.45) is 5.92 Å². The Morgan fingerprint density at radius 1 is 1.18 bits per heavy atom. The number of carbonyl (C=O) groups excluding carboxylic acids is 3. The number of allylic oxidation sites excluding steroid dienone is 1. The predicted molar refractivity (Wildman–Crippen MR) is 168 cm³/mol. The van der Waals surface area contributed by atoms with Crippen LogP contribution >= 0.6 is 11.3 Å². The molecule has 0 unspecified atom stereocenters. The summed E-state index contributed by atoms with van der Waals surface area (Å²) in [6.07, 6.45) is 8.14. The van der Waals surface area contributed by atoms with Gasteiger partial charge in [-0.05, 0) is 43.5 Å². The molecule has 2 fully saturated rings. The van der Waals surface area contributed by atoms with E-state index < -0.39 is 47.1 Å². The summed E-state index contributed by atoms with van der Waals surface area (Å²) in [5.41, 5.74) is -0.332. The second kappa shape index (κ2) is 13.7. The first-order chi connectivity index (χ1) is 21.2. The highest BCUT2D eigenvalue weighted by molar-refractivity contribution is 7.20. The molecule has 44 heavy (non-hydrogen) atoms. The second-order valence-corrected chi connectivity index (χ2v) is 12.2. The van der Waals surface area contributed by atoms with Crippen LogP contribution in [0.5, 0.6) is 5.19 Å². The lowest BCUT2D eigenvalue weighted by atomic mass is 10.1. The molecule has 1 aliphatic carbocycles. The van der Waals surface area contributed by atoms with Crippen LogP contribution in [0.1, 0.15) is 48.3 Å². The maximum atomic E-state index is 13.8.